The summed E-state index contributed by atoms with van der Waals surface area (Å²) in [4.78, 5) is 43.0. The van der Waals surface area contributed by atoms with Crippen LogP contribution in [0.3, 0.4) is 0 Å². The number of rotatable bonds is 9. The maximum absolute atomic E-state index is 9.60. The molecule has 3 radical (unpaired) electrons. The third-order valence-electron chi connectivity index (χ3n) is 24.0. The van der Waals surface area contributed by atoms with Crippen molar-refractivity contribution in [1.82, 2.24) is 15.0 Å². The zero-order valence-corrected chi connectivity index (χ0v) is 92.2. The molecule has 3 aromatic heterocycles. The minimum atomic E-state index is -0.306. The first-order valence-electron chi connectivity index (χ1n) is 46.0. The normalized spacial score (nSPS) is 12.4. The van der Waals surface area contributed by atoms with E-state index in [0.717, 1.165) is 33.8 Å². The molecular weight excluding hydrogens is 2190 g/mol. The first-order valence-corrected chi connectivity index (χ1v) is 46.0. The van der Waals surface area contributed by atoms with Crippen molar-refractivity contribution in [2.75, 3.05) is 0 Å². The van der Waals surface area contributed by atoms with Gasteiger partial charge >= 0.3 is 17.3 Å². The van der Waals surface area contributed by atoms with Gasteiger partial charge in [0.05, 0.1) is 34.5 Å². The van der Waals surface area contributed by atoms with Crippen molar-refractivity contribution in [3.63, 3.8) is 0 Å². The molecule has 15 aromatic rings. The van der Waals surface area contributed by atoms with Gasteiger partial charge in [-0.05, 0) is 233 Å². The van der Waals surface area contributed by atoms with Crippen LogP contribution in [0.15, 0.2) is 291 Å². The van der Waals surface area contributed by atoms with Crippen LogP contribution in [0.5, 0.6) is 0 Å². The molecule has 0 spiro atoms. The van der Waals surface area contributed by atoms with Gasteiger partial charge in [-0.25, -0.2) is 0 Å². The van der Waals surface area contributed by atoms with Gasteiger partial charge in [-0.3, -0.25) is 14.4 Å². The van der Waals surface area contributed by atoms with Crippen molar-refractivity contribution < 1.29 is 90.0 Å². The molecule has 135 heavy (non-hydrogen) atoms. The van der Waals surface area contributed by atoms with E-state index in [1.165, 1.54) is 150 Å². The fourth-order valence-electron chi connectivity index (χ4n) is 14.7. The van der Waals surface area contributed by atoms with Crippen molar-refractivity contribution in [3.8, 4) is 67.2 Å². The Kier molecular flexibility index (Phi) is 37.1. The number of aryl methyl sites for hydroxylation is 2. The van der Waals surface area contributed by atoms with E-state index in [2.05, 4.69) is 320 Å². The quantitative estimate of drug-likeness (QED) is 0.0428. The van der Waals surface area contributed by atoms with Gasteiger partial charge in [0, 0.05) is 95.2 Å². The van der Waals surface area contributed by atoms with E-state index < -0.39 is 0 Å². The molecule has 0 bridgehead atoms. The fraction of sp³-hybridized carbons (Fsp3) is 0.317. The molecule has 9 nitrogen and oxygen atoms in total. The zero-order chi connectivity index (χ0) is 97.3. The molecule has 12 heteroatoms. The molecule has 15 rings (SSSR count). The van der Waals surface area contributed by atoms with Crippen LogP contribution < -0.4 is 0 Å². The van der Waals surface area contributed by atoms with Gasteiger partial charge in [0.2, 0.25) is 0 Å². The second-order valence-corrected chi connectivity index (χ2v) is 44.1. The van der Waals surface area contributed by atoms with Gasteiger partial charge in [-0.15, -0.1) is 89.5 Å². The molecule has 0 aliphatic heterocycles. The summed E-state index contributed by atoms with van der Waals surface area (Å²) in [6.07, 6.45) is 10.1. The number of ketones is 3. The Morgan fingerprint density at radius 3 is 0.867 bits per heavy atom. The monoisotopic (exact) mass is 2330 g/mol. The SMILES string of the molecule is CC(C)(C)C(=[OH+])C=C(O)C(C)(C)C.CC(C)(C)C(=[OH+])C=C(O)C(C)(C)C.CC(C)(C)C(=[OH+])C=C(O)C(C)(C)C.CC(C)(C)c1cc(C(C)(C)C)c2ccc3c(-c4[c-]cc(-c5ccccc5)cc4)nccc3c2c1.CC(C)(C)c1ccc2ccc3c(-c4[c-]cc(-c5ccccc5)cc4)nccc3c2c1.Cc1cc2c(ccc3c(-c4[c-]cc(-c5ccccc5)cc4)nccc32)c(C)c1C.[Ir].[Ir].[Ir]. The van der Waals surface area contributed by atoms with E-state index in [9.17, 15) is 29.7 Å². The molecule has 0 aliphatic carbocycles. The van der Waals surface area contributed by atoms with E-state index in [1.807, 2.05) is 161 Å². The van der Waals surface area contributed by atoms with Crippen molar-refractivity contribution in [3.05, 3.63) is 342 Å². The van der Waals surface area contributed by atoms with Crippen LogP contribution in [0, 0.1) is 71.5 Å². The summed E-state index contributed by atoms with van der Waals surface area (Å²) in [5.41, 5.74) is 19.7. The number of nitrogens with zero attached hydrogens (tertiary/aromatic N) is 3. The van der Waals surface area contributed by atoms with Gasteiger partial charge < -0.3 is 30.3 Å². The van der Waals surface area contributed by atoms with Gasteiger partial charge in [0.15, 0.2) is 0 Å². The summed E-state index contributed by atoms with van der Waals surface area (Å²) in [5, 5.41) is 43.8. The molecule has 0 amide bonds. The summed E-state index contributed by atoms with van der Waals surface area (Å²) in [5.74, 6) is 1.25. The summed E-state index contributed by atoms with van der Waals surface area (Å²) in [6.45, 7) is 61.3. The van der Waals surface area contributed by atoms with E-state index in [1.54, 1.807) is 0 Å². The molecule has 6 N–H and O–H groups in total. The topological polar surface area (TPSA) is 164 Å². The standard InChI is InChI=1S/C33H32N.C29H24N.C28H22N.3C11H20O2.3Ir/c1-32(2,3)25-20-29-26-18-19-34-31(28(26)17-16-27(29)30(21-25)33(4,5)6)24-14-12-23(13-15-24)22-10-8-7-9-11-22;1-29(2,3)24-15-13-22-14-16-26-25(27(22)19-24)17-18-30-28(26)23-11-9-21(10-12-23)20-7-5-4-6-8-20;1-18-17-27-24(20(3)19(18)2)13-14-26-25(27)15-16-29-28(26)23-11-9-22(10-12-23)21-7-5-4-6-8-21;3*1-10(2,3)8(12)7-9(13)11(4,5)6;;;/h7-14,16-21H,1-6H3;4-11,13-19H,1-3H3;4-11,13-17H,1-3H3;3*7,12H,1-6H3;;;/q3*-1;;;;;;/p+3. The number of aliphatic hydroxyl groups excluding tert-OH is 3. The summed E-state index contributed by atoms with van der Waals surface area (Å²) in [6, 6.07) is 94.4. The van der Waals surface area contributed by atoms with Crippen molar-refractivity contribution in [2.45, 2.75) is 224 Å². The van der Waals surface area contributed by atoms with Gasteiger partial charge in [0.1, 0.15) is 17.3 Å². The van der Waals surface area contributed by atoms with Crippen LogP contribution in [0.1, 0.15) is 220 Å². The summed E-state index contributed by atoms with van der Waals surface area (Å²) >= 11 is 0. The second kappa shape index (κ2) is 45.0. The third kappa shape index (κ3) is 28.7. The average Bonchev–Trinajstić information content (AvgIpc) is 0.745. The predicted molar refractivity (Wildman–Crippen MR) is 567 cm³/mol. The molecule has 3 heterocycles. The minimum Gasteiger partial charge on any atom is -0.511 e. The number of hydrogen-bond donors (Lipinski definition) is 3. The minimum absolute atomic E-state index is 0. The van der Waals surface area contributed by atoms with Crippen LogP contribution >= 0.6 is 0 Å². The molecular formula is C123H141Ir3N3O6. The second-order valence-electron chi connectivity index (χ2n) is 44.1. The molecule has 0 saturated heterocycles. The first kappa shape index (κ1) is 111. The van der Waals surface area contributed by atoms with Crippen LogP contribution in [0.4, 0.5) is 0 Å². The van der Waals surface area contributed by atoms with Gasteiger partial charge in [-0.1, -0.05) is 322 Å². The van der Waals surface area contributed by atoms with Gasteiger partial charge in [0.25, 0.3) is 0 Å². The number of hydrogen-bond acceptors (Lipinski definition) is 6. The third-order valence-corrected chi connectivity index (χ3v) is 24.0. The van der Waals surface area contributed by atoms with E-state index in [4.69, 9.17) is 15.0 Å². The summed E-state index contributed by atoms with van der Waals surface area (Å²) < 4.78 is 0. The Bertz CT molecular complexity index is 6620. The maximum atomic E-state index is 9.60. The predicted octanol–water partition coefficient (Wildman–Crippen LogP) is 33.6. The van der Waals surface area contributed by atoms with Crippen molar-refractivity contribution in [2.24, 2.45) is 32.5 Å². The Labute approximate surface area is 845 Å². The zero-order valence-electron chi connectivity index (χ0n) is 85.0. The number of benzene rings is 12. The molecule has 711 valence electrons. The van der Waals surface area contributed by atoms with Crippen LogP contribution in [0.25, 0.3) is 132 Å². The number of pyridine rings is 3. The van der Waals surface area contributed by atoms with Crippen molar-refractivity contribution in [1.29, 1.82) is 0 Å². The average molecular weight is 2330 g/mol. The largest absolute Gasteiger partial charge is 0.511 e. The molecule has 0 aliphatic rings. The Morgan fingerprint density at radius 1 is 0.267 bits per heavy atom. The van der Waals surface area contributed by atoms with E-state index in [0.29, 0.717) is 0 Å². The first-order chi connectivity index (χ1) is 61.4. The van der Waals surface area contributed by atoms with Crippen LogP contribution in [-0.4, -0.2) is 62.0 Å². The number of aromatic nitrogens is 3. The van der Waals surface area contributed by atoms with Crippen molar-refractivity contribution >= 4 is 82.0 Å². The van der Waals surface area contributed by atoms with Gasteiger partial charge in [-0.2, -0.15) is 0 Å². The van der Waals surface area contributed by atoms with Crippen LogP contribution in [-0.2, 0) is 76.6 Å². The molecule has 0 saturated carbocycles. The molecule has 0 fully saturated rings. The number of aliphatic hydroxyl groups is 3. The smallest absolute Gasteiger partial charge is 0.325 e. The molecule has 12 aromatic carbocycles. The summed E-state index contributed by atoms with van der Waals surface area (Å²) in [7, 11) is 0. The van der Waals surface area contributed by atoms with E-state index in [-0.39, 0.29) is 144 Å². The Morgan fingerprint density at radius 2 is 0.563 bits per heavy atom. The Hall–Kier alpha value is -10.8. The number of carbonyl (C=O) groups excluding carboxylic acids is 3. The Balaban J connectivity index is 0.000000230. The maximum Gasteiger partial charge on any atom is 0.325 e. The molecule has 0 unspecified atom stereocenters. The number of fused-ring (bicyclic) bond motifs is 9. The van der Waals surface area contributed by atoms with Crippen LogP contribution in [0.2, 0.25) is 0 Å². The van der Waals surface area contributed by atoms with E-state index >= 15 is 0 Å². The fourth-order valence-corrected chi connectivity index (χ4v) is 14.7. The number of allylic oxidation sites excluding steroid dienone is 6. The molecule has 0 atom stereocenters.